The molecule has 0 fully saturated rings. The molecule has 0 aromatic heterocycles. The van der Waals surface area contributed by atoms with Gasteiger partial charge in [-0.1, -0.05) is 63.6 Å². The predicted molar refractivity (Wildman–Crippen MR) is 115 cm³/mol. The molecule has 2 amide bonds. The number of carbonyl (C=O) groups excluding carboxylic acids is 2. The second-order valence-electron chi connectivity index (χ2n) is 7.45. The van der Waals surface area contributed by atoms with E-state index in [1.54, 1.807) is 12.1 Å². The molecule has 0 radical (unpaired) electrons. The van der Waals surface area contributed by atoms with Crippen molar-refractivity contribution in [3.05, 3.63) is 35.9 Å². The molecule has 3 N–H and O–H groups in total. The summed E-state index contributed by atoms with van der Waals surface area (Å²) in [6, 6.07) is 8.10. The molecule has 1 atom stereocenters. The maximum absolute atomic E-state index is 12.0. The Labute approximate surface area is 174 Å². The molecule has 162 valence electrons. The van der Waals surface area contributed by atoms with E-state index in [2.05, 4.69) is 17.6 Å². The van der Waals surface area contributed by atoms with Crippen LogP contribution in [0.3, 0.4) is 0 Å². The smallest absolute Gasteiger partial charge is 0.326 e. The lowest BCUT2D eigenvalue weighted by Crippen LogP contribution is -2.40. The lowest BCUT2D eigenvalue weighted by molar-refractivity contribution is -0.142. The summed E-state index contributed by atoms with van der Waals surface area (Å²) in [7, 11) is 0. The van der Waals surface area contributed by atoms with Crippen molar-refractivity contribution in [2.75, 3.05) is 6.54 Å². The van der Waals surface area contributed by atoms with Crippen LogP contribution in [-0.4, -0.2) is 35.5 Å². The molecule has 0 aliphatic rings. The fourth-order valence-electron chi connectivity index (χ4n) is 3.13. The van der Waals surface area contributed by atoms with Gasteiger partial charge in [-0.15, -0.1) is 0 Å². The maximum Gasteiger partial charge on any atom is 0.326 e. The number of benzene rings is 1. The summed E-state index contributed by atoms with van der Waals surface area (Å²) in [5.41, 5.74) is 0.605. The summed E-state index contributed by atoms with van der Waals surface area (Å²) in [5, 5.41) is 14.8. The van der Waals surface area contributed by atoms with E-state index in [1.165, 1.54) is 25.7 Å². The van der Waals surface area contributed by atoms with Gasteiger partial charge in [0.1, 0.15) is 6.04 Å². The number of carboxylic acid groups (broad SMARTS) is 1. The van der Waals surface area contributed by atoms with E-state index in [9.17, 15) is 19.5 Å². The predicted octanol–water partition coefficient (Wildman–Crippen LogP) is 4.30. The molecule has 1 aromatic carbocycles. The van der Waals surface area contributed by atoms with E-state index >= 15 is 0 Å². The normalized spacial score (nSPS) is 11.6. The van der Waals surface area contributed by atoms with Gasteiger partial charge in [0.05, 0.1) is 0 Å². The molecule has 0 saturated heterocycles. The fraction of sp³-hybridized carbons (Fsp3) is 0.609. The first-order valence-electron chi connectivity index (χ1n) is 10.9. The molecule has 0 bridgehead atoms. The zero-order valence-corrected chi connectivity index (χ0v) is 17.6. The molecule has 0 aliphatic heterocycles. The van der Waals surface area contributed by atoms with Crippen LogP contribution in [0.5, 0.6) is 0 Å². The Morgan fingerprint density at radius 1 is 0.897 bits per heavy atom. The van der Waals surface area contributed by atoms with Crippen LogP contribution in [0.4, 0.5) is 0 Å². The molecule has 0 heterocycles. The van der Waals surface area contributed by atoms with Gasteiger partial charge in [-0.2, -0.15) is 0 Å². The SMILES string of the molecule is CCCCCCCCCC(=O)NC(CCCCNC(=O)c1ccccc1)C(=O)O. The summed E-state index contributed by atoms with van der Waals surface area (Å²) in [5.74, 6) is -1.34. The van der Waals surface area contributed by atoms with Crippen LogP contribution < -0.4 is 10.6 Å². The molecule has 1 unspecified atom stereocenters. The van der Waals surface area contributed by atoms with Crippen LogP contribution in [-0.2, 0) is 9.59 Å². The number of unbranched alkanes of at least 4 members (excludes halogenated alkanes) is 7. The van der Waals surface area contributed by atoms with E-state index < -0.39 is 12.0 Å². The number of amides is 2. The number of nitrogens with one attached hydrogen (secondary N) is 2. The van der Waals surface area contributed by atoms with E-state index in [1.807, 2.05) is 18.2 Å². The van der Waals surface area contributed by atoms with Crippen molar-refractivity contribution in [3.63, 3.8) is 0 Å². The van der Waals surface area contributed by atoms with Gasteiger partial charge >= 0.3 is 5.97 Å². The highest BCUT2D eigenvalue weighted by molar-refractivity contribution is 5.94. The Kier molecular flexibility index (Phi) is 13.2. The molecule has 6 heteroatoms. The molecule has 6 nitrogen and oxygen atoms in total. The van der Waals surface area contributed by atoms with Crippen molar-refractivity contribution in [1.82, 2.24) is 10.6 Å². The largest absolute Gasteiger partial charge is 0.480 e. The number of hydrogen-bond donors (Lipinski definition) is 3. The number of carboxylic acids is 1. The second kappa shape index (κ2) is 15.5. The van der Waals surface area contributed by atoms with Crippen LogP contribution >= 0.6 is 0 Å². The molecule has 0 saturated carbocycles. The van der Waals surface area contributed by atoms with Gasteiger partial charge in [-0.05, 0) is 37.8 Å². The molecular formula is C23H36N2O4. The first kappa shape index (κ1) is 24.7. The first-order valence-corrected chi connectivity index (χ1v) is 10.9. The van der Waals surface area contributed by atoms with Crippen molar-refractivity contribution >= 4 is 17.8 Å². The Morgan fingerprint density at radius 3 is 2.21 bits per heavy atom. The van der Waals surface area contributed by atoms with Gasteiger partial charge in [0.2, 0.25) is 5.91 Å². The summed E-state index contributed by atoms with van der Waals surface area (Å²) < 4.78 is 0. The number of hydrogen-bond acceptors (Lipinski definition) is 3. The zero-order valence-electron chi connectivity index (χ0n) is 17.6. The third kappa shape index (κ3) is 11.9. The third-order valence-corrected chi connectivity index (χ3v) is 4.88. The maximum atomic E-state index is 12.0. The fourth-order valence-corrected chi connectivity index (χ4v) is 3.13. The number of carbonyl (C=O) groups is 3. The zero-order chi connectivity index (χ0) is 21.3. The molecule has 0 spiro atoms. The quantitative estimate of drug-likeness (QED) is 0.358. The summed E-state index contributed by atoms with van der Waals surface area (Å²) in [6.45, 7) is 2.66. The van der Waals surface area contributed by atoms with Crippen molar-refractivity contribution in [2.45, 2.75) is 83.6 Å². The third-order valence-electron chi connectivity index (χ3n) is 4.88. The molecule has 1 aromatic rings. The van der Waals surface area contributed by atoms with E-state index in [0.29, 0.717) is 37.8 Å². The van der Waals surface area contributed by atoms with Crippen molar-refractivity contribution in [2.24, 2.45) is 0 Å². The lowest BCUT2D eigenvalue weighted by Gasteiger charge is -2.14. The van der Waals surface area contributed by atoms with Gasteiger partial charge in [0.15, 0.2) is 0 Å². The van der Waals surface area contributed by atoms with E-state index in [0.717, 1.165) is 19.3 Å². The Morgan fingerprint density at radius 2 is 1.55 bits per heavy atom. The second-order valence-corrected chi connectivity index (χ2v) is 7.45. The molecule has 0 aliphatic carbocycles. The lowest BCUT2D eigenvalue weighted by atomic mass is 10.1. The summed E-state index contributed by atoms with van der Waals surface area (Å²) >= 11 is 0. The first-order chi connectivity index (χ1) is 14.0. The van der Waals surface area contributed by atoms with Gasteiger partial charge in [-0.25, -0.2) is 4.79 Å². The number of aliphatic carboxylic acids is 1. The topological polar surface area (TPSA) is 95.5 Å². The average Bonchev–Trinajstić information content (AvgIpc) is 2.72. The highest BCUT2D eigenvalue weighted by Gasteiger charge is 2.19. The minimum Gasteiger partial charge on any atom is -0.480 e. The van der Waals surface area contributed by atoms with Crippen LogP contribution in [0.2, 0.25) is 0 Å². The molecule has 1 rings (SSSR count). The Hall–Kier alpha value is -2.37. The van der Waals surface area contributed by atoms with Gasteiger partial charge in [-0.3, -0.25) is 9.59 Å². The molecular weight excluding hydrogens is 368 g/mol. The van der Waals surface area contributed by atoms with Crippen LogP contribution in [0.1, 0.15) is 87.9 Å². The minimum absolute atomic E-state index is 0.136. The van der Waals surface area contributed by atoms with Gasteiger partial charge < -0.3 is 15.7 Å². The Balaban J connectivity index is 2.15. The highest BCUT2D eigenvalue weighted by atomic mass is 16.4. The van der Waals surface area contributed by atoms with Crippen LogP contribution in [0.15, 0.2) is 30.3 Å². The average molecular weight is 405 g/mol. The van der Waals surface area contributed by atoms with Crippen LogP contribution in [0, 0.1) is 0 Å². The van der Waals surface area contributed by atoms with E-state index in [4.69, 9.17) is 0 Å². The van der Waals surface area contributed by atoms with Crippen molar-refractivity contribution < 1.29 is 19.5 Å². The Bertz CT molecular complexity index is 604. The van der Waals surface area contributed by atoms with E-state index in [-0.39, 0.29) is 11.8 Å². The monoisotopic (exact) mass is 404 g/mol. The summed E-state index contributed by atoms with van der Waals surface area (Å²) in [6.07, 6.45) is 9.89. The van der Waals surface area contributed by atoms with Crippen molar-refractivity contribution in [1.29, 1.82) is 0 Å². The number of rotatable bonds is 16. The van der Waals surface area contributed by atoms with Gasteiger partial charge in [0.25, 0.3) is 5.91 Å². The highest BCUT2D eigenvalue weighted by Crippen LogP contribution is 2.09. The van der Waals surface area contributed by atoms with Crippen LogP contribution in [0.25, 0.3) is 0 Å². The standard InChI is InChI=1S/C23H36N2O4/c1-2-3-4-5-6-7-11-17-21(26)25-20(23(28)29)16-12-13-18-24-22(27)19-14-9-8-10-15-19/h8-10,14-15,20H,2-7,11-13,16-18H2,1H3,(H,24,27)(H,25,26)(H,28,29). The van der Waals surface area contributed by atoms with Crippen molar-refractivity contribution in [3.8, 4) is 0 Å². The molecule has 29 heavy (non-hydrogen) atoms. The summed E-state index contributed by atoms with van der Waals surface area (Å²) in [4.78, 5) is 35.3. The minimum atomic E-state index is -1.01. The van der Waals surface area contributed by atoms with Gasteiger partial charge in [0, 0.05) is 18.5 Å².